The third-order valence-corrected chi connectivity index (χ3v) is 3.94. The van der Waals surface area contributed by atoms with Gasteiger partial charge >= 0.3 is 6.09 Å². The van der Waals surface area contributed by atoms with Crippen LogP contribution < -0.4 is 15.4 Å². The number of amides is 1. The van der Waals surface area contributed by atoms with Gasteiger partial charge in [0.05, 0.1) is 13.2 Å². The number of carbonyl (C=O) groups excluding carboxylic acids is 1. The largest absolute Gasteiger partial charge is 0.497 e. The van der Waals surface area contributed by atoms with Gasteiger partial charge in [0.25, 0.3) is 0 Å². The molecule has 0 spiro atoms. The Bertz CT molecular complexity index is 969. The number of fused-ring (bicyclic) bond motifs is 1. The molecule has 0 aliphatic carbocycles. The Labute approximate surface area is 163 Å². The molecular weight excluding hydrogens is 360 g/mol. The lowest BCUT2D eigenvalue weighted by Gasteiger charge is -2.10. The number of aromatic nitrogens is 4. The second-order valence-electron chi connectivity index (χ2n) is 6.61. The summed E-state index contributed by atoms with van der Waals surface area (Å²) in [6.45, 7) is 6.25. The summed E-state index contributed by atoms with van der Waals surface area (Å²) in [5.41, 5.74) is 2.83. The Morgan fingerprint density at radius 1 is 1.25 bits per heavy atom. The summed E-state index contributed by atoms with van der Waals surface area (Å²) in [6.07, 6.45) is 3.28. The van der Waals surface area contributed by atoms with E-state index in [1.165, 1.54) is 0 Å². The van der Waals surface area contributed by atoms with Gasteiger partial charge in [0.15, 0.2) is 5.82 Å². The van der Waals surface area contributed by atoms with Crippen molar-refractivity contribution in [3.63, 3.8) is 0 Å². The van der Waals surface area contributed by atoms with E-state index in [2.05, 4.69) is 31.9 Å². The third-order valence-electron chi connectivity index (χ3n) is 3.94. The van der Waals surface area contributed by atoms with E-state index >= 15 is 0 Å². The number of aryl methyl sites for hydroxylation is 1. The number of nitrogens with zero attached hydrogens (tertiary/aromatic N) is 4. The van der Waals surface area contributed by atoms with Crippen molar-refractivity contribution in [2.45, 2.75) is 33.3 Å². The summed E-state index contributed by atoms with van der Waals surface area (Å²) in [7, 11) is 1.66. The molecule has 148 valence electrons. The number of methoxy groups -OCH3 is 1. The first-order chi connectivity index (χ1) is 13.5. The van der Waals surface area contributed by atoms with E-state index in [-0.39, 0.29) is 12.1 Å². The molecule has 0 bridgehead atoms. The van der Waals surface area contributed by atoms with Crippen molar-refractivity contribution in [1.82, 2.24) is 19.6 Å². The average Bonchev–Trinajstić information content (AvgIpc) is 3.04. The molecule has 3 rings (SSSR count). The molecule has 9 heteroatoms. The summed E-state index contributed by atoms with van der Waals surface area (Å²) < 4.78 is 12.0. The first-order valence-electron chi connectivity index (χ1n) is 9.02. The number of hydrogen-bond donors (Lipinski definition) is 2. The highest BCUT2D eigenvalue weighted by Gasteiger charge is 2.14. The zero-order valence-electron chi connectivity index (χ0n) is 16.4. The summed E-state index contributed by atoms with van der Waals surface area (Å²) >= 11 is 0. The van der Waals surface area contributed by atoms with Crippen LogP contribution in [-0.2, 0) is 11.2 Å². The Hall–Kier alpha value is -3.36. The van der Waals surface area contributed by atoms with E-state index in [0.29, 0.717) is 18.0 Å². The van der Waals surface area contributed by atoms with Gasteiger partial charge in [-0.2, -0.15) is 0 Å². The quantitative estimate of drug-likeness (QED) is 0.645. The van der Waals surface area contributed by atoms with Crippen molar-refractivity contribution in [2.75, 3.05) is 24.3 Å². The van der Waals surface area contributed by atoms with Gasteiger partial charge in [-0.3, -0.25) is 9.72 Å². The van der Waals surface area contributed by atoms with E-state index in [4.69, 9.17) is 9.47 Å². The number of rotatable bonds is 7. The first-order valence-corrected chi connectivity index (χ1v) is 9.02. The molecule has 0 aliphatic rings. The molecule has 0 atom stereocenters. The Kier molecular flexibility index (Phi) is 5.93. The molecule has 0 radical (unpaired) electrons. The minimum atomic E-state index is -0.580. The van der Waals surface area contributed by atoms with Crippen LogP contribution in [0.3, 0.4) is 0 Å². The molecule has 1 aromatic carbocycles. The number of nitrogens with one attached hydrogen (secondary N) is 2. The number of hydrogen-bond acceptors (Lipinski definition) is 7. The lowest BCUT2D eigenvalue weighted by Crippen LogP contribution is -2.19. The van der Waals surface area contributed by atoms with E-state index in [1.807, 2.05) is 19.1 Å². The number of ether oxygens (including phenoxy) is 2. The standard InChI is InChI=1S/C19H24N6O3/c1-12(2)28-19(26)22-18-24-23-17-16(21-7-8-25(17)18)20-6-5-14-9-13(3)10-15(11-14)27-4/h7-12H,5-6H2,1-4H3,(H,20,21)(H,22,24,26). The van der Waals surface area contributed by atoms with Crippen LogP contribution in [0.15, 0.2) is 30.6 Å². The van der Waals surface area contributed by atoms with Crippen molar-refractivity contribution in [1.29, 1.82) is 0 Å². The zero-order valence-corrected chi connectivity index (χ0v) is 16.4. The molecule has 0 saturated heterocycles. The number of carbonyl (C=O) groups is 1. The number of anilines is 2. The smallest absolute Gasteiger partial charge is 0.414 e. The van der Waals surface area contributed by atoms with Gasteiger partial charge < -0.3 is 14.8 Å². The molecule has 0 unspecified atom stereocenters. The van der Waals surface area contributed by atoms with Gasteiger partial charge in [-0.05, 0) is 50.5 Å². The van der Waals surface area contributed by atoms with Gasteiger partial charge in [0, 0.05) is 18.9 Å². The Balaban J connectivity index is 1.69. The highest BCUT2D eigenvalue weighted by molar-refractivity contribution is 5.83. The molecule has 0 saturated carbocycles. The molecule has 2 heterocycles. The van der Waals surface area contributed by atoms with Crippen LogP contribution in [0.2, 0.25) is 0 Å². The molecular formula is C19H24N6O3. The van der Waals surface area contributed by atoms with Crippen LogP contribution in [0.4, 0.5) is 16.6 Å². The van der Waals surface area contributed by atoms with Crippen molar-refractivity contribution in [3.8, 4) is 5.75 Å². The van der Waals surface area contributed by atoms with Crippen LogP contribution in [0.5, 0.6) is 5.75 Å². The van der Waals surface area contributed by atoms with E-state index in [9.17, 15) is 4.79 Å². The molecule has 0 fully saturated rings. The monoisotopic (exact) mass is 384 g/mol. The van der Waals surface area contributed by atoms with Gasteiger partial charge in [0.1, 0.15) is 5.75 Å². The second kappa shape index (κ2) is 8.55. The van der Waals surface area contributed by atoms with E-state index < -0.39 is 6.09 Å². The predicted octanol–water partition coefficient (Wildman–Crippen LogP) is 3.05. The topological polar surface area (TPSA) is 103 Å². The first kappa shape index (κ1) is 19.4. The molecule has 3 aromatic rings. The van der Waals surface area contributed by atoms with Crippen LogP contribution in [0.25, 0.3) is 5.65 Å². The summed E-state index contributed by atoms with van der Waals surface area (Å²) in [4.78, 5) is 16.1. The van der Waals surface area contributed by atoms with Crippen LogP contribution >= 0.6 is 0 Å². The molecule has 1 amide bonds. The SMILES string of the molecule is COc1cc(C)cc(CCNc2nccn3c(NC(=O)OC(C)C)nnc23)c1. The van der Waals surface area contributed by atoms with Gasteiger partial charge in [-0.1, -0.05) is 6.07 Å². The minimum Gasteiger partial charge on any atom is -0.497 e. The van der Waals surface area contributed by atoms with Crippen molar-refractivity contribution in [2.24, 2.45) is 0 Å². The highest BCUT2D eigenvalue weighted by Crippen LogP contribution is 2.18. The highest BCUT2D eigenvalue weighted by atomic mass is 16.6. The van der Waals surface area contributed by atoms with Gasteiger partial charge in [0.2, 0.25) is 11.6 Å². The number of benzene rings is 1. The average molecular weight is 384 g/mol. The maximum absolute atomic E-state index is 11.8. The maximum atomic E-state index is 11.8. The maximum Gasteiger partial charge on any atom is 0.414 e. The van der Waals surface area contributed by atoms with Crippen LogP contribution in [0, 0.1) is 6.92 Å². The fourth-order valence-corrected chi connectivity index (χ4v) is 2.78. The lowest BCUT2D eigenvalue weighted by molar-refractivity contribution is 0.129. The van der Waals surface area contributed by atoms with E-state index in [1.54, 1.807) is 37.8 Å². The third kappa shape index (κ3) is 4.67. The molecule has 2 aromatic heterocycles. The molecule has 28 heavy (non-hydrogen) atoms. The van der Waals surface area contributed by atoms with Gasteiger partial charge in [-0.25, -0.2) is 9.78 Å². The normalized spacial score (nSPS) is 10.9. The fraction of sp³-hybridized carbons (Fsp3) is 0.368. The van der Waals surface area contributed by atoms with E-state index in [0.717, 1.165) is 23.3 Å². The summed E-state index contributed by atoms with van der Waals surface area (Å²) in [6, 6.07) is 6.13. The second-order valence-corrected chi connectivity index (χ2v) is 6.61. The Morgan fingerprint density at radius 3 is 2.82 bits per heavy atom. The van der Waals surface area contributed by atoms with Crippen molar-refractivity contribution < 1.29 is 14.3 Å². The molecule has 0 aliphatic heterocycles. The minimum absolute atomic E-state index is 0.224. The lowest BCUT2D eigenvalue weighted by atomic mass is 10.1. The van der Waals surface area contributed by atoms with Gasteiger partial charge in [-0.15, -0.1) is 10.2 Å². The molecule has 9 nitrogen and oxygen atoms in total. The van der Waals surface area contributed by atoms with Crippen LogP contribution in [0.1, 0.15) is 25.0 Å². The zero-order chi connectivity index (χ0) is 20.1. The molecule has 2 N–H and O–H groups in total. The van der Waals surface area contributed by atoms with Crippen molar-refractivity contribution >= 4 is 23.5 Å². The van der Waals surface area contributed by atoms with Crippen LogP contribution in [-0.4, -0.2) is 45.4 Å². The Morgan fingerprint density at radius 2 is 2.07 bits per heavy atom. The fourth-order valence-electron chi connectivity index (χ4n) is 2.78. The summed E-state index contributed by atoms with van der Waals surface area (Å²) in [5, 5.41) is 14.0. The summed E-state index contributed by atoms with van der Waals surface area (Å²) in [5.74, 6) is 1.70. The predicted molar refractivity (Wildman–Crippen MR) is 106 cm³/mol. The van der Waals surface area contributed by atoms with Crippen molar-refractivity contribution in [3.05, 3.63) is 41.7 Å².